The number of carbonyl (C=O) groups excluding carboxylic acids is 1. The molecule has 0 aliphatic heterocycles. The van der Waals surface area contributed by atoms with Crippen LogP contribution >= 0.6 is 11.6 Å². The number of hydrogen-bond acceptors (Lipinski definition) is 3. The Labute approximate surface area is 188 Å². The van der Waals surface area contributed by atoms with Gasteiger partial charge in [0.2, 0.25) is 15.9 Å². The molecule has 3 aromatic carbocycles. The Morgan fingerprint density at radius 1 is 1.00 bits per heavy atom. The minimum absolute atomic E-state index is 0.0317. The van der Waals surface area contributed by atoms with Gasteiger partial charge in [0, 0.05) is 11.6 Å². The van der Waals surface area contributed by atoms with Crippen molar-refractivity contribution in [3.05, 3.63) is 101 Å². The molecule has 162 valence electrons. The molecule has 0 saturated carbocycles. The lowest BCUT2D eigenvalue weighted by molar-refractivity contribution is -0.122. The van der Waals surface area contributed by atoms with Crippen molar-refractivity contribution in [3.8, 4) is 0 Å². The van der Waals surface area contributed by atoms with Crippen LogP contribution in [0.5, 0.6) is 0 Å². The van der Waals surface area contributed by atoms with Gasteiger partial charge in [-0.15, -0.1) is 0 Å². The Kier molecular flexibility index (Phi) is 7.49. The highest BCUT2D eigenvalue weighted by Gasteiger charge is 2.27. The average molecular weight is 457 g/mol. The van der Waals surface area contributed by atoms with Gasteiger partial charge in [-0.2, -0.15) is 4.31 Å². The summed E-state index contributed by atoms with van der Waals surface area (Å²) in [7, 11) is -3.89. The van der Waals surface area contributed by atoms with Crippen molar-refractivity contribution in [3.63, 3.8) is 0 Å². The maximum Gasteiger partial charge on any atom is 0.243 e. The molecule has 0 aromatic heterocycles. The summed E-state index contributed by atoms with van der Waals surface area (Å²) in [6.07, 6.45) is 0. The van der Waals surface area contributed by atoms with Gasteiger partial charge >= 0.3 is 0 Å². The molecule has 0 spiro atoms. The summed E-state index contributed by atoms with van der Waals surface area (Å²) in [6.45, 7) is 3.48. The highest BCUT2D eigenvalue weighted by atomic mass is 35.5. The lowest BCUT2D eigenvalue weighted by Crippen LogP contribution is -2.41. The fourth-order valence-electron chi connectivity index (χ4n) is 3.20. The fourth-order valence-corrected chi connectivity index (χ4v) is 4.79. The number of halogens is 1. The first-order valence-electron chi connectivity index (χ1n) is 9.91. The van der Waals surface area contributed by atoms with Gasteiger partial charge in [-0.3, -0.25) is 4.79 Å². The summed E-state index contributed by atoms with van der Waals surface area (Å²) in [5.41, 5.74) is 2.60. The van der Waals surface area contributed by atoms with Crippen molar-refractivity contribution >= 4 is 27.5 Å². The van der Waals surface area contributed by atoms with Gasteiger partial charge < -0.3 is 5.32 Å². The summed E-state index contributed by atoms with van der Waals surface area (Å²) < 4.78 is 27.9. The minimum Gasteiger partial charge on any atom is -0.348 e. The standard InChI is InChI=1S/C24H25ClN2O3S/c1-18-11-13-23(14-12-18)31(29,30)27(16-20-7-6-10-22(25)15-20)17-24(28)26-19(2)21-8-4-3-5-9-21/h3-15,19H,16-17H2,1-2H3,(H,26,28)/t19-/m0/s1. The number of nitrogens with zero attached hydrogens (tertiary/aromatic N) is 1. The van der Waals surface area contributed by atoms with Crippen molar-refractivity contribution in [2.75, 3.05) is 6.54 Å². The number of carbonyl (C=O) groups is 1. The van der Waals surface area contributed by atoms with Crippen LogP contribution in [0.3, 0.4) is 0 Å². The van der Waals surface area contributed by atoms with E-state index >= 15 is 0 Å². The Bertz CT molecular complexity index is 1130. The van der Waals surface area contributed by atoms with Crippen LogP contribution in [0.2, 0.25) is 5.02 Å². The molecule has 0 heterocycles. The van der Waals surface area contributed by atoms with Crippen LogP contribution in [-0.2, 0) is 21.4 Å². The van der Waals surface area contributed by atoms with Gasteiger partial charge in [0.25, 0.3) is 0 Å². The van der Waals surface area contributed by atoms with Crippen LogP contribution in [0, 0.1) is 6.92 Å². The van der Waals surface area contributed by atoms with E-state index in [-0.39, 0.29) is 29.9 Å². The van der Waals surface area contributed by atoms with Gasteiger partial charge in [-0.05, 0) is 49.2 Å². The zero-order valence-electron chi connectivity index (χ0n) is 17.5. The third kappa shape index (κ3) is 6.17. The molecular weight excluding hydrogens is 432 g/mol. The Hall–Kier alpha value is -2.67. The predicted octanol–water partition coefficient (Wildman–Crippen LogP) is 4.72. The third-order valence-corrected chi connectivity index (χ3v) is 6.94. The Morgan fingerprint density at radius 2 is 1.68 bits per heavy atom. The first-order valence-corrected chi connectivity index (χ1v) is 11.7. The summed E-state index contributed by atoms with van der Waals surface area (Å²) >= 11 is 6.07. The summed E-state index contributed by atoms with van der Waals surface area (Å²) in [5, 5.41) is 3.39. The summed E-state index contributed by atoms with van der Waals surface area (Å²) in [4.78, 5) is 12.9. The highest BCUT2D eigenvalue weighted by Crippen LogP contribution is 2.21. The molecule has 3 rings (SSSR count). The smallest absolute Gasteiger partial charge is 0.243 e. The Balaban J connectivity index is 1.84. The van der Waals surface area contributed by atoms with Crippen LogP contribution in [0.4, 0.5) is 0 Å². The summed E-state index contributed by atoms with van der Waals surface area (Å²) in [6, 6.07) is 22.8. The number of amides is 1. The highest BCUT2D eigenvalue weighted by molar-refractivity contribution is 7.89. The second-order valence-electron chi connectivity index (χ2n) is 7.42. The molecule has 3 aromatic rings. The molecule has 0 fully saturated rings. The van der Waals surface area contributed by atoms with Crippen molar-refractivity contribution in [1.29, 1.82) is 0 Å². The maximum absolute atomic E-state index is 13.3. The molecule has 1 amide bonds. The van der Waals surface area contributed by atoms with Gasteiger partial charge in [-0.25, -0.2) is 8.42 Å². The van der Waals surface area contributed by atoms with Gasteiger partial charge in [0.05, 0.1) is 17.5 Å². The maximum atomic E-state index is 13.3. The van der Waals surface area contributed by atoms with Crippen molar-refractivity contribution < 1.29 is 13.2 Å². The largest absolute Gasteiger partial charge is 0.348 e. The number of nitrogens with one attached hydrogen (secondary N) is 1. The van der Waals surface area contributed by atoms with Crippen LogP contribution in [-0.4, -0.2) is 25.2 Å². The van der Waals surface area contributed by atoms with E-state index in [2.05, 4.69) is 5.32 Å². The van der Waals surface area contributed by atoms with Crippen LogP contribution in [0.1, 0.15) is 29.7 Å². The van der Waals surface area contributed by atoms with E-state index in [1.807, 2.05) is 44.2 Å². The van der Waals surface area contributed by atoms with Crippen LogP contribution in [0.25, 0.3) is 0 Å². The lowest BCUT2D eigenvalue weighted by atomic mass is 10.1. The first-order chi connectivity index (χ1) is 14.8. The van der Waals surface area contributed by atoms with Crippen LogP contribution in [0.15, 0.2) is 83.8 Å². The molecule has 0 radical (unpaired) electrons. The average Bonchev–Trinajstić information content (AvgIpc) is 2.74. The third-order valence-electron chi connectivity index (χ3n) is 4.90. The molecular formula is C24H25ClN2O3S. The quantitative estimate of drug-likeness (QED) is 0.533. The first kappa shape index (κ1) is 23.0. The van der Waals surface area contributed by atoms with Crippen molar-refractivity contribution in [2.45, 2.75) is 31.3 Å². The molecule has 0 saturated heterocycles. The van der Waals surface area contributed by atoms with E-state index in [0.29, 0.717) is 10.6 Å². The molecule has 5 nitrogen and oxygen atoms in total. The SMILES string of the molecule is Cc1ccc(S(=O)(=O)N(CC(=O)N[C@@H](C)c2ccccc2)Cc2cccc(Cl)c2)cc1. The monoisotopic (exact) mass is 456 g/mol. The number of benzene rings is 3. The molecule has 0 unspecified atom stereocenters. The van der Waals surface area contributed by atoms with Crippen molar-refractivity contribution in [1.82, 2.24) is 9.62 Å². The number of sulfonamides is 1. The second-order valence-corrected chi connectivity index (χ2v) is 9.79. The number of aryl methyl sites for hydroxylation is 1. The van der Waals surface area contributed by atoms with E-state index in [4.69, 9.17) is 11.6 Å². The Morgan fingerprint density at radius 3 is 2.32 bits per heavy atom. The number of rotatable bonds is 8. The van der Waals surface area contributed by atoms with Gasteiger partial charge in [0.15, 0.2) is 0 Å². The van der Waals surface area contributed by atoms with Gasteiger partial charge in [0.1, 0.15) is 0 Å². The predicted molar refractivity (Wildman–Crippen MR) is 123 cm³/mol. The second kappa shape index (κ2) is 10.1. The molecule has 7 heteroatoms. The molecule has 0 aliphatic carbocycles. The molecule has 1 atom stereocenters. The van der Waals surface area contributed by atoms with E-state index in [9.17, 15) is 13.2 Å². The van der Waals surface area contributed by atoms with Gasteiger partial charge in [-0.1, -0.05) is 71.8 Å². The lowest BCUT2D eigenvalue weighted by Gasteiger charge is -2.23. The molecule has 1 N–H and O–H groups in total. The zero-order chi connectivity index (χ0) is 22.4. The van der Waals surface area contributed by atoms with E-state index < -0.39 is 10.0 Å². The zero-order valence-corrected chi connectivity index (χ0v) is 19.0. The number of hydrogen-bond donors (Lipinski definition) is 1. The van der Waals surface area contributed by atoms with E-state index in [1.54, 1.807) is 48.5 Å². The molecule has 0 aliphatic rings. The normalized spacial score (nSPS) is 12.5. The van der Waals surface area contributed by atoms with Crippen LogP contribution < -0.4 is 5.32 Å². The topological polar surface area (TPSA) is 66.5 Å². The van der Waals surface area contributed by atoms with Crippen molar-refractivity contribution in [2.24, 2.45) is 0 Å². The summed E-state index contributed by atoms with van der Waals surface area (Å²) in [5.74, 6) is -0.380. The molecule has 0 bridgehead atoms. The minimum atomic E-state index is -3.89. The van der Waals surface area contributed by atoms with E-state index in [0.717, 1.165) is 11.1 Å². The van der Waals surface area contributed by atoms with E-state index in [1.165, 1.54) is 4.31 Å². The fraction of sp³-hybridized carbons (Fsp3) is 0.208. The molecule has 31 heavy (non-hydrogen) atoms.